The molecule has 0 amide bonds. The van der Waals surface area contributed by atoms with Crippen LogP contribution in [0, 0.1) is 6.92 Å². The normalized spacial score (nSPS) is 20.0. The van der Waals surface area contributed by atoms with Crippen LogP contribution in [0.15, 0.2) is 4.73 Å². The molecular formula is C9H11BrN2O3. The van der Waals surface area contributed by atoms with Gasteiger partial charge in [0.25, 0.3) is 0 Å². The molecule has 1 atom stereocenters. The van der Waals surface area contributed by atoms with Gasteiger partial charge in [0.15, 0.2) is 10.4 Å². The number of carbonyl (C=O) groups is 1. The molecule has 5 nitrogen and oxygen atoms in total. The molecule has 0 aromatic carbocycles. The summed E-state index contributed by atoms with van der Waals surface area (Å²) < 4.78 is 7.46. The first kappa shape index (κ1) is 10.6. The van der Waals surface area contributed by atoms with E-state index in [-0.39, 0.29) is 11.8 Å². The highest BCUT2D eigenvalue weighted by Gasteiger charge is 2.24. The molecule has 0 spiro atoms. The number of aryl methyl sites for hydroxylation is 1. The predicted octanol–water partition coefficient (Wildman–Crippen LogP) is 1.44. The number of hydrogen-bond acceptors (Lipinski definition) is 3. The van der Waals surface area contributed by atoms with E-state index < -0.39 is 5.97 Å². The smallest absolute Gasteiger partial charge is 0.354 e. The molecule has 0 bridgehead atoms. The summed E-state index contributed by atoms with van der Waals surface area (Å²) in [5.41, 5.74) is 0.756. The van der Waals surface area contributed by atoms with Gasteiger partial charge in [-0.15, -0.1) is 0 Å². The van der Waals surface area contributed by atoms with Crippen molar-refractivity contribution in [2.45, 2.75) is 26.0 Å². The molecule has 82 valence electrons. The Kier molecular flexibility index (Phi) is 2.79. The third-order valence-electron chi connectivity index (χ3n) is 2.48. The summed E-state index contributed by atoms with van der Waals surface area (Å²) in [5, 5.41) is 9.04. The number of imidazole rings is 1. The molecular weight excluding hydrogens is 264 g/mol. The Morgan fingerprint density at radius 2 is 2.47 bits per heavy atom. The second kappa shape index (κ2) is 3.94. The van der Waals surface area contributed by atoms with Crippen LogP contribution in [0.2, 0.25) is 0 Å². The molecule has 0 saturated carbocycles. The fourth-order valence-corrected chi connectivity index (χ4v) is 2.20. The van der Waals surface area contributed by atoms with Gasteiger partial charge in [-0.05, 0) is 29.3 Å². The van der Waals surface area contributed by atoms with E-state index in [1.807, 2.05) is 0 Å². The average Bonchev–Trinajstić information content (AvgIpc) is 2.33. The van der Waals surface area contributed by atoms with Crippen LogP contribution in [-0.2, 0) is 11.3 Å². The van der Waals surface area contributed by atoms with Gasteiger partial charge in [-0.3, -0.25) is 0 Å². The lowest BCUT2D eigenvalue weighted by atomic mass is 10.2. The second-order valence-electron chi connectivity index (χ2n) is 3.51. The lowest BCUT2D eigenvalue weighted by Crippen LogP contribution is -2.32. The minimum Gasteiger partial charge on any atom is -0.477 e. The number of carboxylic acids is 1. The van der Waals surface area contributed by atoms with E-state index in [2.05, 4.69) is 20.9 Å². The molecule has 0 unspecified atom stereocenters. The zero-order chi connectivity index (χ0) is 11.0. The molecule has 1 saturated heterocycles. The van der Waals surface area contributed by atoms with Crippen LogP contribution >= 0.6 is 15.9 Å². The lowest BCUT2D eigenvalue weighted by Gasteiger charge is -2.27. The van der Waals surface area contributed by atoms with Crippen LogP contribution < -0.4 is 0 Å². The largest absolute Gasteiger partial charge is 0.477 e. The molecule has 0 aliphatic carbocycles. The van der Waals surface area contributed by atoms with Crippen molar-refractivity contribution in [3.63, 3.8) is 0 Å². The number of nitrogens with zero attached hydrogens (tertiary/aromatic N) is 2. The molecule has 2 heterocycles. The number of aromatic carboxylic acids is 1. The van der Waals surface area contributed by atoms with Crippen molar-refractivity contribution < 1.29 is 14.6 Å². The zero-order valence-corrected chi connectivity index (χ0v) is 9.82. The highest BCUT2D eigenvalue weighted by atomic mass is 79.9. The monoisotopic (exact) mass is 274 g/mol. The molecule has 1 aromatic heterocycles. The van der Waals surface area contributed by atoms with Gasteiger partial charge in [0.1, 0.15) is 0 Å². The van der Waals surface area contributed by atoms with Crippen LogP contribution in [0.25, 0.3) is 0 Å². The summed E-state index contributed by atoms with van der Waals surface area (Å²) in [6.07, 6.45) is 1.09. The van der Waals surface area contributed by atoms with Crippen molar-refractivity contribution in [2.75, 3.05) is 6.61 Å². The van der Waals surface area contributed by atoms with E-state index in [1.165, 1.54) is 0 Å². The van der Waals surface area contributed by atoms with Crippen molar-refractivity contribution in [1.29, 1.82) is 0 Å². The Balaban J connectivity index is 2.30. The van der Waals surface area contributed by atoms with Crippen LogP contribution in [-0.4, -0.2) is 33.3 Å². The van der Waals surface area contributed by atoms with Gasteiger partial charge < -0.3 is 14.4 Å². The van der Waals surface area contributed by atoms with Crippen LogP contribution in [0.5, 0.6) is 0 Å². The fourth-order valence-electron chi connectivity index (χ4n) is 1.61. The van der Waals surface area contributed by atoms with Gasteiger partial charge in [0, 0.05) is 6.61 Å². The summed E-state index contributed by atoms with van der Waals surface area (Å²) in [6.45, 7) is 2.99. The van der Waals surface area contributed by atoms with E-state index in [1.54, 1.807) is 11.5 Å². The minimum absolute atomic E-state index is 0.119. The van der Waals surface area contributed by atoms with Gasteiger partial charge in [-0.1, -0.05) is 0 Å². The molecule has 0 radical (unpaired) electrons. The average molecular weight is 275 g/mol. The zero-order valence-electron chi connectivity index (χ0n) is 8.23. The van der Waals surface area contributed by atoms with Crippen molar-refractivity contribution in [1.82, 2.24) is 9.55 Å². The first-order chi connectivity index (χ1) is 7.09. The highest BCUT2D eigenvalue weighted by molar-refractivity contribution is 9.10. The SMILES string of the molecule is Cc1nc(Br)n(C[C@@H]2CCO2)c1C(=O)O. The predicted molar refractivity (Wildman–Crippen MR) is 56.0 cm³/mol. The summed E-state index contributed by atoms with van der Waals surface area (Å²) in [4.78, 5) is 15.1. The number of aromatic nitrogens is 2. The third-order valence-corrected chi connectivity index (χ3v) is 3.08. The van der Waals surface area contributed by atoms with E-state index >= 15 is 0 Å². The number of ether oxygens (including phenoxy) is 1. The molecule has 1 N–H and O–H groups in total. The molecule has 1 aromatic rings. The summed E-state index contributed by atoms with van der Waals surface area (Å²) >= 11 is 3.25. The number of carboxylic acid groups (broad SMARTS) is 1. The summed E-state index contributed by atoms with van der Waals surface area (Å²) in [7, 11) is 0. The second-order valence-corrected chi connectivity index (χ2v) is 4.22. The van der Waals surface area contributed by atoms with Gasteiger partial charge in [0.05, 0.1) is 18.3 Å². The Labute approximate surface area is 95.2 Å². The van der Waals surface area contributed by atoms with Crippen molar-refractivity contribution in [3.05, 3.63) is 16.1 Å². The van der Waals surface area contributed by atoms with E-state index in [0.29, 0.717) is 17.0 Å². The molecule has 1 aliphatic heterocycles. The fraction of sp³-hybridized carbons (Fsp3) is 0.556. The van der Waals surface area contributed by atoms with Gasteiger partial charge in [-0.2, -0.15) is 0 Å². The maximum absolute atomic E-state index is 11.0. The van der Waals surface area contributed by atoms with E-state index in [0.717, 1.165) is 13.0 Å². The minimum atomic E-state index is -0.954. The highest BCUT2D eigenvalue weighted by Crippen LogP contribution is 2.21. The maximum atomic E-state index is 11.0. The summed E-state index contributed by atoms with van der Waals surface area (Å²) in [6, 6.07) is 0. The Morgan fingerprint density at radius 1 is 1.80 bits per heavy atom. The van der Waals surface area contributed by atoms with Crippen LogP contribution in [0.4, 0.5) is 0 Å². The number of hydrogen-bond donors (Lipinski definition) is 1. The van der Waals surface area contributed by atoms with Crippen molar-refractivity contribution >= 4 is 21.9 Å². The Morgan fingerprint density at radius 3 is 2.93 bits per heavy atom. The van der Waals surface area contributed by atoms with Crippen LogP contribution in [0.3, 0.4) is 0 Å². The van der Waals surface area contributed by atoms with Gasteiger partial charge in [-0.25, -0.2) is 9.78 Å². The molecule has 2 rings (SSSR count). The van der Waals surface area contributed by atoms with Crippen LogP contribution in [0.1, 0.15) is 22.6 Å². The van der Waals surface area contributed by atoms with Crippen molar-refractivity contribution in [2.24, 2.45) is 0 Å². The first-order valence-corrected chi connectivity index (χ1v) is 5.46. The molecule has 1 fully saturated rings. The third kappa shape index (κ3) is 1.91. The topological polar surface area (TPSA) is 64.4 Å². The molecule has 15 heavy (non-hydrogen) atoms. The standard InChI is InChI=1S/C9H11BrN2O3/c1-5-7(8(13)14)12(9(10)11-5)4-6-2-3-15-6/h6H,2-4H2,1H3,(H,13,14)/t6-/m0/s1. The molecule has 6 heteroatoms. The first-order valence-electron chi connectivity index (χ1n) is 4.67. The molecule has 1 aliphatic rings. The van der Waals surface area contributed by atoms with E-state index in [4.69, 9.17) is 9.84 Å². The lowest BCUT2D eigenvalue weighted by molar-refractivity contribution is -0.0598. The van der Waals surface area contributed by atoms with Crippen molar-refractivity contribution in [3.8, 4) is 0 Å². The van der Waals surface area contributed by atoms with Gasteiger partial charge in [0.2, 0.25) is 0 Å². The Bertz CT molecular complexity index is 398. The van der Waals surface area contributed by atoms with E-state index in [9.17, 15) is 4.79 Å². The Hall–Kier alpha value is -0.880. The number of rotatable bonds is 3. The van der Waals surface area contributed by atoms with Gasteiger partial charge >= 0.3 is 5.97 Å². The quantitative estimate of drug-likeness (QED) is 0.906. The summed E-state index contributed by atoms with van der Waals surface area (Å²) in [5.74, 6) is -0.954. The number of halogens is 1. The maximum Gasteiger partial charge on any atom is 0.354 e.